The minimum absolute atomic E-state index is 0.234. The summed E-state index contributed by atoms with van der Waals surface area (Å²) in [4.78, 5) is 0.493. The molecule has 2 aromatic rings. The largest absolute Gasteiger partial charge is 0.317 e. The molecular formula is C10H11FN2S. The topological polar surface area (TPSA) is 28.8 Å². The van der Waals surface area contributed by atoms with Gasteiger partial charge in [0.2, 0.25) is 0 Å². The van der Waals surface area contributed by atoms with Gasteiger partial charge < -0.3 is 4.57 Å². The molecule has 2 rings (SSSR count). The maximum Gasteiger partial charge on any atom is 0.182 e. The van der Waals surface area contributed by atoms with Crippen molar-refractivity contribution in [2.24, 2.45) is 0 Å². The molecule has 0 bridgehead atoms. The van der Waals surface area contributed by atoms with Crippen LogP contribution in [0.2, 0.25) is 0 Å². The van der Waals surface area contributed by atoms with Gasteiger partial charge in [-0.05, 0) is 24.6 Å². The number of aromatic nitrogens is 1. The fourth-order valence-electron chi connectivity index (χ4n) is 1.51. The molecule has 0 aliphatic rings. The van der Waals surface area contributed by atoms with E-state index in [2.05, 4.69) is 6.92 Å². The second kappa shape index (κ2) is 3.53. The van der Waals surface area contributed by atoms with E-state index >= 15 is 0 Å². The maximum atomic E-state index is 12.9. The van der Waals surface area contributed by atoms with Crippen LogP contribution in [0.25, 0.3) is 10.2 Å². The van der Waals surface area contributed by atoms with Crippen LogP contribution in [-0.2, 0) is 6.54 Å². The van der Waals surface area contributed by atoms with E-state index in [1.165, 1.54) is 23.5 Å². The van der Waals surface area contributed by atoms with E-state index in [0.29, 0.717) is 4.80 Å². The summed E-state index contributed by atoms with van der Waals surface area (Å²) >= 11 is 1.32. The van der Waals surface area contributed by atoms with Gasteiger partial charge in [0.05, 0.1) is 10.2 Å². The highest BCUT2D eigenvalue weighted by atomic mass is 32.1. The molecule has 2 nitrogen and oxygen atoms in total. The summed E-state index contributed by atoms with van der Waals surface area (Å²) in [5.41, 5.74) is 0.961. The summed E-state index contributed by atoms with van der Waals surface area (Å²) in [5, 5.41) is 7.73. The Bertz CT molecular complexity index is 512. The van der Waals surface area contributed by atoms with Crippen molar-refractivity contribution in [3.63, 3.8) is 0 Å². The highest BCUT2D eigenvalue weighted by Crippen LogP contribution is 2.18. The van der Waals surface area contributed by atoms with Crippen LogP contribution in [0.4, 0.5) is 4.39 Å². The highest BCUT2D eigenvalue weighted by molar-refractivity contribution is 7.16. The molecule has 0 fully saturated rings. The van der Waals surface area contributed by atoms with Gasteiger partial charge in [0.15, 0.2) is 4.80 Å². The van der Waals surface area contributed by atoms with E-state index in [4.69, 9.17) is 5.41 Å². The Kier molecular flexibility index (Phi) is 2.37. The lowest BCUT2D eigenvalue weighted by molar-refractivity contribution is 0.629. The number of thiazole rings is 1. The van der Waals surface area contributed by atoms with E-state index in [0.717, 1.165) is 23.2 Å². The third kappa shape index (κ3) is 1.46. The number of nitrogens with one attached hydrogen (secondary N) is 1. The third-order valence-corrected chi connectivity index (χ3v) is 3.07. The van der Waals surface area contributed by atoms with Crippen LogP contribution in [0.3, 0.4) is 0 Å². The fourth-order valence-corrected chi connectivity index (χ4v) is 2.47. The van der Waals surface area contributed by atoms with Crippen LogP contribution in [0.1, 0.15) is 13.3 Å². The van der Waals surface area contributed by atoms with E-state index in [-0.39, 0.29) is 5.82 Å². The number of hydrogen-bond donors (Lipinski definition) is 1. The van der Waals surface area contributed by atoms with Gasteiger partial charge in [-0.2, -0.15) is 0 Å². The van der Waals surface area contributed by atoms with Gasteiger partial charge in [-0.3, -0.25) is 5.41 Å². The summed E-state index contributed by atoms with van der Waals surface area (Å²) in [7, 11) is 0. The van der Waals surface area contributed by atoms with Gasteiger partial charge in [0, 0.05) is 6.54 Å². The Balaban J connectivity index is 2.71. The molecule has 0 atom stereocenters. The summed E-state index contributed by atoms with van der Waals surface area (Å²) in [6, 6.07) is 4.68. The average molecular weight is 210 g/mol. The fraction of sp³-hybridized carbons (Fsp3) is 0.300. The SMILES string of the molecule is CCCn1c(=N)sc2cc(F)ccc21. The van der Waals surface area contributed by atoms with Crippen LogP contribution < -0.4 is 4.80 Å². The lowest BCUT2D eigenvalue weighted by atomic mass is 10.3. The molecule has 0 aliphatic heterocycles. The average Bonchev–Trinajstić information content (AvgIpc) is 2.43. The molecule has 0 saturated heterocycles. The molecule has 74 valence electrons. The van der Waals surface area contributed by atoms with Gasteiger partial charge in [0.25, 0.3) is 0 Å². The Morgan fingerprint density at radius 3 is 3.00 bits per heavy atom. The summed E-state index contributed by atoms with van der Waals surface area (Å²) in [6.45, 7) is 2.89. The smallest absolute Gasteiger partial charge is 0.182 e. The van der Waals surface area contributed by atoms with Gasteiger partial charge in [-0.1, -0.05) is 18.3 Å². The molecule has 1 aromatic carbocycles. The second-order valence-corrected chi connectivity index (χ2v) is 4.20. The van der Waals surface area contributed by atoms with Crippen molar-refractivity contribution in [1.29, 1.82) is 5.41 Å². The Labute approximate surface area is 85.1 Å². The van der Waals surface area contributed by atoms with E-state index < -0.39 is 0 Å². The predicted molar refractivity (Wildman–Crippen MR) is 55.9 cm³/mol. The van der Waals surface area contributed by atoms with Crippen molar-refractivity contribution < 1.29 is 4.39 Å². The maximum absolute atomic E-state index is 12.9. The van der Waals surface area contributed by atoms with Crippen molar-refractivity contribution in [3.8, 4) is 0 Å². The number of rotatable bonds is 2. The van der Waals surface area contributed by atoms with Crippen molar-refractivity contribution in [1.82, 2.24) is 4.57 Å². The predicted octanol–water partition coefficient (Wildman–Crippen LogP) is 2.73. The van der Waals surface area contributed by atoms with Gasteiger partial charge in [0.1, 0.15) is 5.82 Å². The van der Waals surface area contributed by atoms with Crippen molar-refractivity contribution in [2.75, 3.05) is 0 Å². The first-order valence-electron chi connectivity index (χ1n) is 4.56. The Morgan fingerprint density at radius 1 is 1.50 bits per heavy atom. The zero-order chi connectivity index (χ0) is 10.1. The molecule has 0 spiro atoms. The Hall–Kier alpha value is -1.16. The zero-order valence-corrected chi connectivity index (χ0v) is 8.70. The molecule has 14 heavy (non-hydrogen) atoms. The quantitative estimate of drug-likeness (QED) is 0.789. The number of halogens is 1. The molecule has 4 heteroatoms. The summed E-state index contributed by atoms with van der Waals surface area (Å²) in [6.07, 6.45) is 0.986. The normalized spacial score (nSPS) is 11.0. The van der Waals surface area contributed by atoms with Crippen LogP contribution in [0, 0.1) is 11.2 Å². The van der Waals surface area contributed by atoms with Crippen molar-refractivity contribution in [3.05, 3.63) is 28.8 Å². The van der Waals surface area contributed by atoms with Gasteiger partial charge >= 0.3 is 0 Å². The van der Waals surface area contributed by atoms with Gasteiger partial charge in [-0.25, -0.2) is 4.39 Å². The lowest BCUT2D eigenvalue weighted by Crippen LogP contribution is -2.12. The van der Waals surface area contributed by atoms with Crippen LogP contribution in [-0.4, -0.2) is 4.57 Å². The van der Waals surface area contributed by atoms with Gasteiger partial charge in [-0.15, -0.1) is 0 Å². The summed E-state index contributed by atoms with van der Waals surface area (Å²) < 4.78 is 15.7. The van der Waals surface area contributed by atoms with Crippen molar-refractivity contribution >= 4 is 21.6 Å². The number of hydrogen-bond acceptors (Lipinski definition) is 2. The number of nitrogens with zero attached hydrogens (tertiary/aromatic N) is 1. The first-order valence-corrected chi connectivity index (χ1v) is 5.37. The molecule has 0 radical (unpaired) electrons. The highest BCUT2D eigenvalue weighted by Gasteiger charge is 2.04. The molecule has 1 heterocycles. The second-order valence-electron chi connectivity index (χ2n) is 3.17. The number of benzene rings is 1. The molecular weight excluding hydrogens is 199 g/mol. The minimum atomic E-state index is -0.234. The van der Waals surface area contributed by atoms with E-state index in [1.54, 1.807) is 6.07 Å². The Morgan fingerprint density at radius 2 is 2.29 bits per heavy atom. The lowest BCUT2D eigenvalue weighted by Gasteiger charge is -2.00. The monoisotopic (exact) mass is 210 g/mol. The first-order chi connectivity index (χ1) is 6.72. The molecule has 0 saturated carbocycles. The molecule has 1 N–H and O–H groups in total. The van der Waals surface area contributed by atoms with E-state index in [9.17, 15) is 4.39 Å². The zero-order valence-electron chi connectivity index (χ0n) is 7.88. The standard InChI is InChI=1S/C10H11FN2S/c1-2-5-13-8-4-3-7(11)6-9(8)14-10(13)12/h3-4,6,12H,2,5H2,1H3. The van der Waals surface area contributed by atoms with Crippen LogP contribution in [0.15, 0.2) is 18.2 Å². The molecule has 1 aromatic heterocycles. The van der Waals surface area contributed by atoms with Crippen molar-refractivity contribution in [2.45, 2.75) is 19.9 Å². The number of aryl methyl sites for hydroxylation is 1. The molecule has 0 amide bonds. The van der Waals surface area contributed by atoms with Crippen LogP contribution >= 0.6 is 11.3 Å². The number of fused-ring (bicyclic) bond motifs is 1. The molecule has 0 unspecified atom stereocenters. The minimum Gasteiger partial charge on any atom is -0.317 e. The molecule has 0 aliphatic carbocycles. The first kappa shape index (κ1) is 9.40. The van der Waals surface area contributed by atoms with Crippen LogP contribution in [0.5, 0.6) is 0 Å². The summed E-state index contributed by atoms with van der Waals surface area (Å²) in [5.74, 6) is -0.234. The third-order valence-electron chi connectivity index (χ3n) is 2.11. The van der Waals surface area contributed by atoms with E-state index in [1.807, 2.05) is 4.57 Å².